The lowest BCUT2D eigenvalue weighted by Gasteiger charge is -2.34. The first-order chi connectivity index (χ1) is 12.2. The van der Waals surface area contributed by atoms with Crippen LogP contribution in [0, 0.1) is 5.92 Å². The molecule has 0 spiro atoms. The molecule has 142 valence electrons. The summed E-state index contributed by atoms with van der Waals surface area (Å²) in [6.45, 7) is 1.05. The monoisotopic (exact) mass is 369 g/mol. The molecule has 3 rings (SSSR count). The number of rotatable bonds is 2. The summed E-state index contributed by atoms with van der Waals surface area (Å²) >= 11 is 0. The van der Waals surface area contributed by atoms with Gasteiger partial charge in [0.15, 0.2) is 0 Å². The van der Waals surface area contributed by atoms with Gasteiger partial charge in [0.25, 0.3) is 0 Å². The Morgan fingerprint density at radius 2 is 1.88 bits per heavy atom. The smallest absolute Gasteiger partial charge is 0.341 e. The van der Waals surface area contributed by atoms with E-state index in [1.807, 2.05) is 0 Å². The Kier molecular flexibility index (Phi) is 4.96. The van der Waals surface area contributed by atoms with Crippen LogP contribution in [0.4, 0.5) is 13.2 Å². The van der Waals surface area contributed by atoms with Crippen LogP contribution in [0.15, 0.2) is 24.3 Å². The average Bonchev–Trinajstić information content (AvgIpc) is 2.89. The lowest BCUT2D eigenvalue weighted by molar-refractivity contribution is -0.138. The Labute approximate surface area is 149 Å². The van der Waals surface area contributed by atoms with Crippen LogP contribution in [0.1, 0.15) is 36.4 Å². The van der Waals surface area contributed by atoms with Crippen LogP contribution >= 0.6 is 0 Å². The Bertz CT molecular complexity index is 690. The maximum Gasteiger partial charge on any atom is 0.416 e. The molecular formula is C18H22F3N3O2. The number of nitrogens with two attached hydrogens (primary N) is 1. The number of nitrogens with zero attached hydrogens (tertiary/aromatic N) is 2. The Balaban J connectivity index is 1.85. The molecule has 3 atom stereocenters. The van der Waals surface area contributed by atoms with Crippen molar-refractivity contribution in [2.24, 2.45) is 11.7 Å². The van der Waals surface area contributed by atoms with Crippen molar-refractivity contribution >= 4 is 11.8 Å². The number of hydrogen-bond donors (Lipinski definition) is 1. The molecule has 2 aliphatic rings. The fraction of sp³-hybridized carbons (Fsp3) is 0.556. The predicted octanol–water partition coefficient (Wildman–Crippen LogP) is 2.17. The zero-order chi connectivity index (χ0) is 19.1. The van der Waals surface area contributed by atoms with E-state index in [0.717, 1.165) is 25.0 Å². The number of piperidine rings is 1. The van der Waals surface area contributed by atoms with E-state index >= 15 is 0 Å². The van der Waals surface area contributed by atoms with Gasteiger partial charge >= 0.3 is 6.18 Å². The Morgan fingerprint density at radius 1 is 1.23 bits per heavy atom. The van der Waals surface area contributed by atoms with E-state index in [2.05, 4.69) is 0 Å². The van der Waals surface area contributed by atoms with Gasteiger partial charge in [-0.05, 0) is 30.5 Å². The largest absolute Gasteiger partial charge is 0.416 e. The van der Waals surface area contributed by atoms with Gasteiger partial charge in [-0.1, -0.05) is 12.1 Å². The van der Waals surface area contributed by atoms with Gasteiger partial charge in [0.1, 0.15) is 0 Å². The molecule has 0 unspecified atom stereocenters. The van der Waals surface area contributed by atoms with E-state index in [9.17, 15) is 22.8 Å². The number of carbonyl (C=O) groups is 2. The molecule has 2 N–H and O–H groups in total. The third-order valence-electron chi connectivity index (χ3n) is 5.25. The lowest BCUT2D eigenvalue weighted by atomic mass is 9.91. The van der Waals surface area contributed by atoms with Crippen molar-refractivity contribution in [2.45, 2.75) is 37.5 Å². The Hall–Kier alpha value is -2.09. The molecule has 0 aliphatic carbocycles. The van der Waals surface area contributed by atoms with Crippen LogP contribution in [0.2, 0.25) is 0 Å². The molecule has 1 aromatic carbocycles. The first-order valence-electron chi connectivity index (χ1n) is 8.65. The van der Waals surface area contributed by atoms with Gasteiger partial charge in [-0.25, -0.2) is 0 Å². The molecule has 2 fully saturated rings. The highest BCUT2D eigenvalue weighted by atomic mass is 19.4. The number of benzene rings is 1. The summed E-state index contributed by atoms with van der Waals surface area (Å²) in [5.41, 5.74) is 5.72. The van der Waals surface area contributed by atoms with Crippen LogP contribution in [0.25, 0.3) is 0 Å². The zero-order valence-corrected chi connectivity index (χ0v) is 14.5. The number of carbonyl (C=O) groups excluding carboxylic acids is 2. The summed E-state index contributed by atoms with van der Waals surface area (Å²) in [4.78, 5) is 28.3. The van der Waals surface area contributed by atoms with Crippen molar-refractivity contribution in [3.63, 3.8) is 0 Å². The van der Waals surface area contributed by atoms with E-state index in [1.165, 1.54) is 17.0 Å². The number of halogens is 3. The van der Waals surface area contributed by atoms with Gasteiger partial charge in [0.05, 0.1) is 17.5 Å². The summed E-state index contributed by atoms with van der Waals surface area (Å²) in [5.74, 6) is -0.938. The molecule has 2 saturated heterocycles. The maximum absolute atomic E-state index is 13.0. The van der Waals surface area contributed by atoms with Crippen molar-refractivity contribution in [1.82, 2.24) is 9.80 Å². The van der Waals surface area contributed by atoms with Crippen LogP contribution in [0.5, 0.6) is 0 Å². The standard InChI is InChI=1S/C18H22F3N3O2/c1-23-15(25)9-14(17(26)24-8-2-3-13(22)10-24)16(23)11-4-6-12(7-5-11)18(19,20)21/h4-7,13-14,16H,2-3,8-10,22H2,1H3/t13-,14+,16+/m1/s1. The minimum atomic E-state index is -4.42. The van der Waals surface area contributed by atoms with Crippen LogP contribution in [-0.2, 0) is 15.8 Å². The second-order valence-electron chi connectivity index (χ2n) is 7.07. The predicted molar refractivity (Wildman–Crippen MR) is 88.9 cm³/mol. The summed E-state index contributed by atoms with van der Waals surface area (Å²) in [7, 11) is 1.58. The molecule has 2 aliphatic heterocycles. The van der Waals surface area contributed by atoms with E-state index in [4.69, 9.17) is 5.73 Å². The highest BCUT2D eigenvalue weighted by Crippen LogP contribution is 2.39. The van der Waals surface area contributed by atoms with Gasteiger partial charge in [-0.2, -0.15) is 13.2 Å². The fourth-order valence-corrected chi connectivity index (χ4v) is 3.86. The highest BCUT2D eigenvalue weighted by Gasteiger charge is 2.44. The number of alkyl halides is 3. The van der Waals surface area contributed by atoms with Crippen LogP contribution in [-0.4, -0.2) is 47.8 Å². The van der Waals surface area contributed by atoms with E-state index in [-0.39, 0.29) is 24.3 Å². The summed E-state index contributed by atoms with van der Waals surface area (Å²) < 4.78 is 38.3. The van der Waals surface area contributed by atoms with Crippen molar-refractivity contribution in [1.29, 1.82) is 0 Å². The molecular weight excluding hydrogens is 347 g/mol. The molecule has 1 aromatic rings. The summed E-state index contributed by atoms with van der Waals surface area (Å²) in [6, 6.07) is 4.05. The quantitative estimate of drug-likeness (QED) is 0.869. The van der Waals surface area contributed by atoms with Crippen LogP contribution in [0.3, 0.4) is 0 Å². The molecule has 2 amide bonds. The molecule has 2 heterocycles. The normalized spacial score (nSPS) is 27.1. The fourth-order valence-electron chi connectivity index (χ4n) is 3.86. The van der Waals surface area contributed by atoms with E-state index in [0.29, 0.717) is 18.7 Å². The first-order valence-corrected chi connectivity index (χ1v) is 8.65. The molecule has 0 aromatic heterocycles. The zero-order valence-electron chi connectivity index (χ0n) is 14.5. The second-order valence-corrected chi connectivity index (χ2v) is 7.07. The molecule has 0 saturated carbocycles. The van der Waals surface area contributed by atoms with Gasteiger partial charge in [-0.3, -0.25) is 9.59 Å². The number of amides is 2. The molecule has 0 radical (unpaired) electrons. The minimum absolute atomic E-state index is 0.0623. The topological polar surface area (TPSA) is 66.6 Å². The molecule has 26 heavy (non-hydrogen) atoms. The third kappa shape index (κ3) is 3.56. The maximum atomic E-state index is 13.0. The number of likely N-dealkylation sites (tertiary alicyclic amines) is 2. The average molecular weight is 369 g/mol. The first kappa shape index (κ1) is 18.7. The van der Waals surface area contributed by atoms with Gasteiger partial charge in [-0.15, -0.1) is 0 Å². The summed E-state index contributed by atoms with van der Waals surface area (Å²) in [6.07, 6.45) is -2.69. The van der Waals surface area contributed by atoms with Crippen molar-refractivity contribution < 1.29 is 22.8 Å². The van der Waals surface area contributed by atoms with Gasteiger partial charge < -0.3 is 15.5 Å². The summed E-state index contributed by atoms with van der Waals surface area (Å²) in [5, 5.41) is 0. The van der Waals surface area contributed by atoms with Gasteiger partial charge in [0.2, 0.25) is 11.8 Å². The second kappa shape index (κ2) is 6.90. The van der Waals surface area contributed by atoms with E-state index in [1.54, 1.807) is 11.9 Å². The SMILES string of the molecule is CN1C(=O)C[C@H](C(=O)N2CCC[C@@H](N)C2)[C@@H]1c1ccc(C(F)(F)F)cc1. The Morgan fingerprint density at radius 3 is 2.46 bits per heavy atom. The van der Waals surface area contributed by atoms with Crippen molar-refractivity contribution in [3.05, 3.63) is 35.4 Å². The van der Waals surface area contributed by atoms with Crippen LogP contribution < -0.4 is 5.73 Å². The molecule has 8 heteroatoms. The van der Waals surface area contributed by atoms with Crippen molar-refractivity contribution in [3.8, 4) is 0 Å². The van der Waals surface area contributed by atoms with Gasteiger partial charge in [0, 0.05) is 32.6 Å². The highest BCUT2D eigenvalue weighted by molar-refractivity contribution is 5.90. The van der Waals surface area contributed by atoms with Crippen molar-refractivity contribution in [2.75, 3.05) is 20.1 Å². The molecule has 0 bridgehead atoms. The van der Waals surface area contributed by atoms with E-state index < -0.39 is 23.7 Å². The number of hydrogen-bond acceptors (Lipinski definition) is 3. The third-order valence-corrected chi connectivity index (χ3v) is 5.25. The minimum Gasteiger partial charge on any atom is -0.341 e. The molecule has 5 nitrogen and oxygen atoms in total. The lowest BCUT2D eigenvalue weighted by Crippen LogP contribution is -2.48.